The molecule has 2 rings (SSSR count). The Kier molecular flexibility index (Phi) is 6.60. The summed E-state index contributed by atoms with van der Waals surface area (Å²) in [6.07, 6.45) is 4.77. The Morgan fingerprint density at radius 3 is 2.57 bits per heavy atom. The normalized spacial score (nSPS) is 19.3. The number of nitrogens with one attached hydrogen (secondary N) is 1. The highest BCUT2D eigenvalue weighted by Crippen LogP contribution is 2.18. The van der Waals surface area contributed by atoms with Crippen LogP contribution in [-0.2, 0) is 10.3 Å². The van der Waals surface area contributed by atoms with Crippen molar-refractivity contribution in [3.05, 3.63) is 35.9 Å². The van der Waals surface area contributed by atoms with Crippen molar-refractivity contribution in [1.82, 2.24) is 10.2 Å². The first-order valence-electron chi connectivity index (χ1n) is 8.85. The Hall–Kier alpha value is -1.39. The lowest BCUT2D eigenvalue weighted by Crippen LogP contribution is -2.49. The van der Waals surface area contributed by atoms with Gasteiger partial charge in [-0.05, 0) is 63.7 Å². The summed E-state index contributed by atoms with van der Waals surface area (Å²) >= 11 is 0. The molecule has 1 amide bonds. The summed E-state index contributed by atoms with van der Waals surface area (Å²) in [5, 5.41) is 2.98. The molecule has 3 N–H and O–H groups in total. The fraction of sp³-hybridized carbons (Fsp3) is 0.632. The number of piperidine rings is 1. The van der Waals surface area contributed by atoms with E-state index in [1.807, 2.05) is 30.3 Å². The molecule has 0 radical (unpaired) electrons. The van der Waals surface area contributed by atoms with E-state index < -0.39 is 5.54 Å². The minimum Gasteiger partial charge on any atom is -0.354 e. The summed E-state index contributed by atoms with van der Waals surface area (Å²) in [6.45, 7) is 8.39. The predicted molar refractivity (Wildman–Crippen MR) is 95.1 cm³/mol. The summed E-state index contributed by atoms with van der Waals surface area (Å²) < 4.78 is 0. The van der Waals surface area contributed by atoms with Gasteiger partial charge in [0, 0.05) is 6.54 Å². The lowest BCUT2D eigenvalue weighted by atomic mass is 9.92. The predicted octanol–water partition coefficient (Wildman–Crippen LogP) is 2.49. The second-order valence-electron chi connectivity index (χ2n) is 7.06. The largest absolute Gasteiger partial charge is 0.354 e. The van der Waals surface area contributed by atoms with Gasteiger partial charge in [-0.1, -0.05) is 37.3 Å². The number of carbonyl (C=O) groups is 1. The number of likely N-dealkylation sites (tertiary alicyclic amines) is 1. The SMILES string of the molecule is CC1CCN(CCCCNC(=O)C(C)(N)c2ccccc2)CC1. The molecule has 0 aliphatic carbocycles. The Morgan fingerprint density at radius 2 is 1.91 bits per heavy atom. The molecule has 4 heteroatoms. The van der Waals surface area contributed by atoms with Gasteiger partial charge in [-0.3, -0.25) is 4.79 Å². The lowest BCUT2D eigenvalue weighted by Gasteiger charge is -2.30. The molecule has 1 aliphatic rings. The maximum Gasteiger partial charge on any atom is 0.244 e. The van der Waals surface area contributed by atoms with Crippen molar-refractivity contribution in [2.75, 3.05) is 26.2 Å². The van der Waals surface area contributed by atoms with Crippen LogP contribution in [0.25, 0.3) is 0 Å². The van der Waals surface area contributed by atoms with Crippen molar-refractivity contribution >= 4 is 5.91 Å². The molecule has 1 aromatic rings. The molecule has 1 heterocycles. The first-order chi connectivity index (χ1) is 11.0. The van der Waals surface area contributed by atoms with Gasteiger partial charge < -0.3 is 16.0 Å². The van der Waals surface area contributed by atoms with E-state index in [4.69, 9.17) is 5.73 Å². The van der Waals surface area contributed by atoms with Crippen molar-refractivity contribution in [2.24, 2.45) is 11.7 Å². The molecule has 23 heavy (non-hydrogen) atoms. The first kappa shape index (κ1) is 18.0. The number of carbonyl (C=O) groups excluding carboxylic acids is 1. The highest BCUT2D eigenvalue weighted by molar-refractivity contribution is 5.86. The van der Waals surface area contributed by atoms with Crippen molar-refractivity contribution in [3.63, 3.8) is 0 Å². The van der Waals surface area contributed by atoms with Gasteiger partial charge in [0.2, 0.25) is 5.91 Å². The van der Waals surface area contributed by atoms with E-state index in [1.165, 1.54) is 25.9 Å². The van der Waals surface area contributed by atoms with Gasteiger partial charge in [0.25, 0.3) is 0 Å². The standard InChI is InChI=1S/C19H31N3O/c1-16-10-14-22(15-11-16)13-7-6-12-21-18(23)19(2,20)17-8-4-3-5-9-17/h3-5,8-9,16H,6-7,10-15,20H2,1-2H3,(H,21,23). The number of unbranched alkanes of at least 4 members (excludes halogenated alkanes) is 1. The highest BCUT2D eigenvalue weighted by atomic mass is 16.2. The maximum atomic E-state index is 12.3. The summed E-state index contributed by atoms with van der Waals surface area (Å²) in [6, 6.07) is 9.55. The van der Waals surface area contributed by atoms with E-state index >= 15 is 0 Å². The van der Waals surface area contributed by atoms with Crippen molar-refractivity contribution in [2.45, 2.75) is 45.1 Å². The minimum absolute atomic E-state index is 0.101. The fourth-order valence-corrected chi connectivity index (χ4v) is 3.05. The zero-order valence-electron chi connectivity index (χ0n) is 14.6. The third-order valence-corrected chi connectivity index (χ3v) is 4.91. The molecule has 1 aliphatic heterocycles. The average molecular weight is 317 g/mol. The van der Waals surface area contributed by atoms with Gasteiger partial charge in [-0.15, -0.1) is 0 Å². The van der Waals surface area contributed by atoms with Crippen LogP contribution in [-0.4, -0.2) is 37.0 Å². The maximum absolute atomic E-state index is 12.3. The van der Waals surface area contributed by atoms with E-state index in [0.29, 0.717) is 6.54 Å². The Bertz CT molecular complexity index is 479. The molecule has 1 saturated heterocycles. The van der Waals surface area contributed by atoms with Gasteiger partial charge in [0.1, 0.15) is 5.54 Å². The van der Waals surface area contributed by atoms with Crippen molar-refractivity contribution in [1.29, 1.82) is 0 Å². The Morgan fingerprint density at radius 1 is 1.26 bits per heavy atom. The number of rotatable bonds is 7. The third-order valence-electron chi connectivity index (χ3n) is 4.91. The number of amides is 1. The van der Waals surface area contributed by atoms with Gasteiger partial charge in [-0.25, -0.2) is 0 Å². The molecule has 0 aromatic heterocycles. The van der Waals surface area contributed by atoms with Crippen molar-refractivity contribution < 1.29 is 4.79 Å². The molecular weight excluding hydrogens is 286 g/mol. The number of nitrogens with zero attached hydrogens (tertiary/aromatic N) is 1. The monoisotopic (exact) mass is 317 g/mol. The average Bonchev–Trinajstić information content (AvgIpc) is 2.57. The number of hydrogen-bond acceptors (Lipinski definition) is 3. The zero-order valence-corrected chi connectivity index (χ0v) is 14.6. The fourth-order valence-electron chi connectivity index (χ4n) is 3.05. The highest BCUT2D eigenvalue weighted by Gasteiger charge is 2.29. The molecule has 1 atom stereocenters. The topological polar surface area (TPSA) is 58.4 Å². The molecular formula is C19H31N3O. The number of nitrogens with two attached hydrogens (primary N) is 1. The van der Waals surface area contributed by atoms with Gasteiger partial charge in [0.05, 0.1) is 0 Å². The first-order valence-corrected chi connectivity index (χ1v) is 8.85. The molecule has 128 valence electrons. The smallest absolute Gasteiger partial charge is 0.244 e. The second kappa shape index (κ2) is 8.46. The van der Waals surface area contributed by atoms with Crippen LogP contribution < -0.4 is 11.1 Å². The van der Waals surface area contributed by atoms with E-state index in [9.17, 15) is 4.79 Å². The summed E-state index contributed by atoms with van der Waals surface area (Å²) in [5.74, 6) is 0.779. The van der Waals surface area contributed by atoms with E-state index in [0.717, 1.165) is 30.9 Å². The van der Waals surface area contributed by atoms with Gasteiger partial charge >= 0.3 is 0 Å². The van der Waals surface area contributed by atoms with Crippen LogP contribution in [0.1, 0.15) is 45.1 Å². The number of benzene rings is 1. The molecule has 1 fully saturated rings. The summed E-state index contributed by atoms with van der Waals surface area (Å²) in [4.78, 5) is 14.9. The molecule has 0 spiro atoms. The molecule has 1 unspecified atom stereocenters. The van der Waals surface area contributed by atoms with E-state index in [2.05, 4.69) is 17.1 Å². The summed E-state index contributed by atoms with van der Waals surface area (Å²) in [5.41, 5.74) is 6.09. The van der Waals surface area contributed by atoms with Crippen molar-refractivity contribution in [3.8, 4) is 0 Å². The quantitative estimate of drug-likeness (QED) is 0.760. The lowest BCUT2D eigenvalue weighted by molar-refractivity contribution is -0.126. The van der Waals surface area contributed by atoms with Gasteiger partial charge in [0.15, 0.2) is 0 Å². The van der Waals surface area contributed by atoms with Crippen LogP contribution in [0.15, 0.2) is 30.3 Å². The van der Waals surface area contributed by atoms with Gasteiger partial charge in [-0.2, -0.15) is 0 Å². The van der Waals surface area contributed by atoms with Crippen LogP contribution in [0, 0.1) is 5.92 Å². The van der Waals surface area contributed by atoms with E-state index in [-0.39, 0.29) is 5.91 Å². The molecule has 0 bridgehead atoms. The molecule has 4 nitrogen and oxygen atoms in total. The number of hydrogen-bond donors (Lipinski definition) is 2. The Labute approximate surface area is 140 Å². The van der Waals surface area contributed by atoms with Crippen LogP contribution in [0.3, 0.4) is 0 Å². The zero-order chi connectivity index (χ0) is 16.7. The summed E-state index contributed by atoms with van der Waals surface area (Å²) in [7, 11) is 0. The minimum atomic E-state index is -0.968. The molecule has 1 aromatic carbocycles. The van der Waals surface area contributed by atoms with Crippen LogP contribution in [0.5, 0.6) is 0 Å². The van der Waals surface area contributed by atoms with Crippen LogP contribution in [0.4, 0.5) is 0 Å². The van der Waals surface area contributed by atoms with Crippen LogP contribution >= 0.6 is 0 Å². The Balaban J connectivity index is 1.65. The van der Waals surface area contributed by atoms with Crippen LogP contribution in [0.2, 0.25) is 0 Å². The second-order valence-corrected chi connectivity index (χ2v) is 7.06. The molecule has 0 saturated carbocycles. The third kappa shape index (κ3) is 5.33. The van der Waals surface area contributed by atoms with E-state index in [1.54, 1.807) is 6.92 Å².